The molecule has 2 atom stereocenters. The molecule has 1 aromatic heterocycles. The van der Waals surface area contributed by atoms with Crippen molar-refractivity contribution in [2.24, 2.45) is 12.0 Å². The van der Waals surface area contributed by atoms with Gasteiger partial charge in [0.05, 0.1) is 6.04 Å². The van der Waals surface area contributed by atoms with Gasteiger partial charge in [-0.05, 0) is 47.8 Å². The topological polar surface area (TPSA) is 36.7 Å². The molecular formula is C43H40IrN5. The first-order valence-corrected chi connectivity index (χ1v) is 16.9. The van der Waals surface area contributed by atoms with Crippen LogP contribution in [0.3, 0.4) is 0 Å². The average molecular weight is 819 g/mol. The molecule has 49 heavy (non-hydrogen) atoms. The minimum Gasteiger partial charge on any atom is -0.510 e. The smallest absolute Gasteiger partial charge is 0.510 e. The van der Waals surface area contributed by atoms with E-state index in [1.54, 1.807) is 0 Å². The van der Waals surface area contributed by atoms with E-state index in [9.17, 15) is 0 Å². The fourth-order valence-electron chi connectivity index (χ4n) is 7.73. The molecule has 0 bridgehead atoms. The molecule has 0 radical (unpaired) electrons. The largest absolute Gasteiger partial charge is 3.00 e. The third kappa shape index (κ3) is 5.42. The monoisotopic (exact) mass is 819 g/mol. The molecule has 3 aliphatic heterocycles. The van der Waals surface area contributed by atoms with Gasteiger partial charge in [-0.2, -0.15) is 30.9 Å². The van der Waals surface area contributed by atoms with Crippen molar-refractivity contribution >= 4 is 17.6 Å². The number of rotatable bonds is 3. The van der Waals surface area contributed by atoms with Gasteiger partial charge >= 0.3 is 20.1 Å². The molecule has 4 heterocycles. The predicted molar refractivity (Wildman–Crippen MR) is 197 cm³/mol. The maximum atomic E-state index is 5.28. The van der Waals surface area contributed by atoms with Crippen LogP contribution in [-0.2, 0) is 27.2 Å². The van der Waals surface area contributed by atoms with Crippen LogP contribution in [0.2, 0.25) is 0 Å². The summed E-state index contributed by atoms with van der Waals surface area (Å²) in [6.45, 7) is 11.2. The van der Waals surface area contributed by atoms with Crippen LogP contribution in [0.25, 0.3) is 39.5 Å². The Kier molecular flexibility index (Phi) is 8.81. The fraction of sp³-hybridized carbons (Fsp3) is 0.233. The van der Waals surface area contributed by atoms with Crippen molar-refractivity contribution in [3.8, 4) is 33.8 Å². The van der Waals surface area contributed by atoms with E-state index in [-0.39, 0.29) is 32.1 Å². The zero-order valence-electron chi connectivity index (χ0n) is 28.8. The van der Waals surface area contributed by atoms with Crippen LogP contribution in [-0.4, -0.2) is 27.7 Å². The first kappa shape index (κ1) is 33.0. The zero-order valence-corrected chi connectivity index (χ0v) is 31.2. The molecule has 2 unspecified atom stereocenters. The molecule has 4 aliphatic rings. The van der Waals surface area contributed by atoms with Crippen molar-refractivity contribution in [1.82, 2.24) is 14.5 Å². The van der Waals surface area contributed by atoms with Crippen LogP contribution < -0.4 is 4.90 Å². The summed E-state index contributed by atoms with van der Waals surface area (Å²) in [5.74, 6) is 2.12. The molecule has 5 aromatic rings. The van der Waals surface area contributed by atoms with Crippen LogP contribution in [0.5, 0.6) is 0 Å². The molecule has 6 heteroatoms. The number of nitrogens with zero attached hydrogens (tertiary/aromatic N) is 5. The van der Waals surface area contributed by atoms with E-state index in [1.165, 1.54) is 50.3 Å². The van der Waals surface area contributed by atoms with Gasteiger partial charge < -0.3 is 14.4 Å². The van der Waals surface area contributed by atoms with Crippen molar-refractivity contribution in [1.29, 1.82) is 0 Å². The second-order valence-electron chi connectivity index (χ2n) is 13.6. The second-order valence-corrected chi connectivity index (χ2v) is 13.6. The predicted octanol–water partition coefficient (Wildman–Crippen LogP) is 9.91. The van der Waals surface area contributed by atoms with Crippen molar-refractivity contribution in [2.45, 2.75) is 51.5 Å². The van der Waals surface area contributed by atoms with Gasteiger partial charge in [-0.25, -0.2) is 0 Å². The average Bonchev–Trinajstić information content (AvgIpc) is 3.68. The number of allylic oxidation sites excluding steroid dienone is 1. The van der Waals surface area contributed by atoms with E-state index in [4.69, 9.17) is 9.98 Å². The van der Waals surface area contributed by atoms with Gasteiger partial charge in [0.25, 0.3) is 0 Å². The van der Waals surface area contributed by atoms with E-state index >= 15 is 0 Å². The molecule has 0 spiro atoms. The Balaban J connectivity index is 0.000000170. The van der Waals surface area contributed by atoms with Gasteiger partial charge in [0.1, 0.15) is 5.82 Å². The molecule has 4 aromatic carbocycles. The summed E-state index contributed by atoms with van der Waals surface area (Å²) < 4.78 is 2.31. The van der Waals surface area contributed by atoms with Crippen LogP contribution >= 0.6 is 0 Å². The van der Waals surface area contributed by atoms with Gasteiger partial charge in [0.2, 0.25) is 0 Å². The molecule has 0 saturated carbocycles. The van der Waals surface area contributed by atoms with Crippen LogP contribution in [0.1, 0.15) is 79.4 Å². The van der Waals surface area contributed by atoms with Gasteiger partial charge in [-0.15, -0.1) is 41.0 Å². The quantitative estimate of drug-likeness (QED) is 0.170. The Labute approximate surface area is 304 Å². The van der Waals surface area contributed by atoms with Gasteiger partial charge in [-0.3, -0.25) is 9.98 Å². The fourth-order valence-corrected chi connectivity index (χ4v) is 7.73. The molecule has 5 nitrogen and oxygen atoms in total. The van der Waals surface area contributed by atoms with Crippen LogP contribution in [0, 0.1) is 18.8 Å². The number of hydrogen-bond acceptors (Lipinski definition) is 4. The first-order chi connectivity index (χ1) is 23.3. The second kappa shape index (κ2) is 13.1. The number of hydrogen-bond donors (Lipinski definition) is 0. The first-order valence-electron chi connectivity index (χ1n) is 16.9. The maximum Gasteiger partial charge on any atom is 3.00 e. The molecule has 0 amide bonds. The number of aliphatic imine (C=N–C) groups is 1. The summed E-state index contributed by atoms with van der Waals surface area (Å²) in [4.78, 5) is 14.4. The molecule has 246 valence electrons. The number of fused-ring (bicyclic) bond motifs is 12. The summed E-state index contributed by atoms with van der Waals surface area (Å²) in [6, 6.07) is 34.6. The Morgan fingerprint density at radius 1 is 0.796 bits per heavy atom. The van der Waals surface area contributed by atoms with E-state index < -0.39 is 0 Å². The zero-order chi connectivity index (χ0) is 33.1. The normalized spacial score (nSPS) is 17.6. The Morgan fingerprint density at radius 2 is 1.49 bits per heavy atom. The Morgan fingerprint density at radius 3 is 2.24 bits per heavy atom. The Hall–Kier alpha value is -4.51. The number of dihydropyridines is 1. The van der Waals surface area contributed by atoms with E-state index in [0.717, 1.165) is 22.8 Å². The van der Waals surface area contributed by atoms with Crippen molar-refractivity contribution in [3.63, 3.8) is 0 Å². The molecule has 0 N–H and O–H groups in total. The summed E-state index contributed by atoms with van der Waals surface area (Å²) in [6.07, 6.45) is 8.42. The summed E-state index contributed by atoms with van der Waals surface area (Å²) >= 11 is 0. The van der Waals surface area contributed by atoms with Gasteiger partial charge in [-0.1, -0.05) is 87.5 Å². The van der Waals surface area contributed by atoms with Gasteiger partial charge in [0.15, 0.2) is 0 Å². The number of para-hydroxylation sites is 1. The number of anilines is 1. The Bertz CT molecular complexity index is 2110. The maximum absolute atomic E-state index is 5.28. The third-order valence-electron chi connectivity index (χ3n) is 9.94. The number of benzene rings is 4. The molecule has 0 fully saturated rings. The summed E-state index contributed by atoms with van der Waals surface area (Å²) in [5.41, 5.74) is 14.8. The number of aromatic nitrogens is 2. The van der Waals surface area contributed by atoms with Crippen molar-refractivity contribution in [3.05, 3.63) is 144 Å². The minimum absolute atomic E-state index is 0. The van der Waals surface area contributed by atoms with Crippen LogP contribution in [0.15, 0.2) is 102 Å². The van der Waals surface area contributed by atoms with Gasteiger partial charge in [0, 0.05) is 41.8 Å². The van der Waals surface area contributed by atoms with E-state index in [0.29, 0.717) is 11.8 Å². The number of imidazole rings is 1. The standard InChI is InChI=1S/C27H28N3.C16H12N2.Ir/c1-16(2)18-12-8-13-19(17(3)4)23(18)27-29-25-21-11-7-6-10-20(21)24-22(14-9-15-28-24)26(25)30(27)5;1-17-10-16-14-8-3-2-6-12(14)13-7-4-5-9-15(13)18(16)11-17;/h6-10,12-17,22,24H,1-5H3;2-8,10-11H,1H3;/q-1;-2;+3. The molecule has 1 aliphatic carbocycles. The molecule has 9 rings (SSSR count). The summed E-state index contributed by atoms with van der Waals surface area (Å²) in [7, 11) is 4.22. The summed E-state index contributed by atoms with van der Waals surface area (Å²) in [5, 5.41) is 0. The van der Waals surface area contributed by atoms with E-state index in [2.05, 4.69) is 154 Å². The molecule has 0 saturated heterocycles. The van der Waals surface area contributed by atoms with Crippen molar-refractivity contribution < 1.29 is 20.1 Å². The van der Waals surface area contributed by atoms with Crippen molar-refractivity contribution in [2.75, 3.05) is 11.9 Å². The minimum atomic E-state index is 0. The molecular weight excluding hydrogens is 779 g/mol. The van der Waals surface area contributed by atoms with E-state index in [1.807, 2.05) is 24.4 Å². The van der Waals surface area contributed by atoms with Crippen LogP contribution in [0.4, 0.5) is 5.69 Å². The SMILES string of the molecule is CC(C)c1cccc(C(C)C)c1-c1nc2c(n1C)C1C=CC=NC1c1ccc[c-]c1-2.CN1C=C2c3ccccc3-c3ccc[c-]c3N2[CH-]1.[Ir+3]. The third-order valence-corrected chi connectivity index (χ3v) is 9.94.